The number of aliphatic imine (C=N–C) groups is 1. The number of carboxylic acid groups (broad SMARTS) is 1. The zero-order valence-electron chi connectivity index (χ0n) is 19.2. The van der Waals surface area contributed by atoms with E-state index in [4.69, 9.17) is 17.2 Å². The molecule has 2 rings (SSSR count). The third kappa shape index (κ3) is 8.43. The van der Waals surface area contributed by atoms with Crippen LogP contribution in [-0.2, 0) is 25.6 Å². The summed E-state index contributed by atoms with van der Waals surface area (Å²) in [6.07, 6.45) is 4.76. The molecule has 10 N–H and O–H groups in total. The molecule has 0 saturated carbocycles. The van der Waals surface area contributed by atoms with Crippen LogP contribution in [0.1, 0.15) is 31.4 Å². The summed E-state index contributed by atoms with van der Waals surface area (Å²) in [6, 6.07) is -3.95. The van der Waals surface area contributed by atoms with Gasteiger partial charge in [-0.25, -0.2) is 9.78 Å². The summed E-state index contributed by atoms with van der Waals surface area (Å²) < 4.78 is 0. The monoisotopic (exact) mass is 511 g/mol. The first kappa shape index (κ1) is 27.9. The van der Waals surface area contributed by atoms with Gasteiger partial charge in [0, 0.05) is 37.2 Å². The van der Waals surface area contributed by atoms with Crippen LogP contribution in [0.15, 0.2) is 17.5 Å². The van der Waals surface area contributed by atoms with E-state index in [0.717, 1.165) is 0 Å². The molecule has 2 heterocycles. The number of thiol groups is 1. The molecular formula is C20H33N9O5S. The number of guanidine groups is 1. The first-order chi connectivity index (χ1) is 16.6. The second-order valence-corrected chi connectivity index (χ2v) is 8.53. The molecule has 194 valence electrons. The molecule has 0 spiro atoms. The van der Waals surface area contributed by atoms with Gasteiger partial charge in [0.2, 0.25) is 17.7 Å². The number of H-pyrrole nitrogens is 1. The molecule has 35 heavy (non-hydrogen) atoms. The van der Waals surface area contributed by atoms with E-state index >= 15 is 0 Å². The minimum atomic E-state index is -1.22. The maximum Gasteiger partial charge on any atom is 0.327 e. The fourth-order valence-electron chi connectivity index (χ4n) is 3.70. The van der Waals surface area contributed by atoms with Crippen molar-refractivity contribution in [2.75, 3.05) is 18.8 Å². The topological polar surface area (TPSA) is 235 Å². The smallest absolute Gasteiger partial charge is 0.327 e. The van der Waals surface area contributed by atoms with Gasteiger partial charge in [0.25, 0.3) is 0 Å². The number of aromatic amines is 1. The Labute approximate surface area is 207 Å². The number of carbonyl (C=O) groups excluding carboxylic acids is 3. The van der Waals surface area contributed by atoms with Crippen molar-refractivity contribution in [1.29, 1.82) is 0 Å². The van der Waals surface area contributed by atoms with Crippen LogP contribution < -0.4 is 27.8 Å². The normalized spacial score (nSPS) is 17.8. The van der Waals surface area contributed by atoms with Crippen molar-refractivity contribution < 1.29 is 24.3 Å². The molecule has 1 fully saturated rings. The second kappa shape index (κ2) is 13.5. The second-order valence-electron chi connectivity index (χ2n) is 8.17. The lowest BCUT2D eigenvalue weighted by Crippen LogP contribution is -2.57. The van der Waals surface area contributed by atoms with E-state index in [1.165, 1.54) is 17.4 Å². The van der Waals surface area contributed by atoms with E-state index in [0.29, 0.717) is 37.9 Å². The fourth-order valence-corrected chi connectivity index (χ4v) is 3.95. The zero-order valence-corrected chi connectivity index (χ0v) is 20.1. The third-order valence-corrected chi connectivity index (χ3v) is 5.90. The van der Waals surface area contributed by atoms with Crippen LogP contribution in [0.2, 0.25) is 0 Å². The summed E-state index contributed by atoms with van der Waals surface area (Å²) in [7, 11) is 0. The van der Waals surface area contributed by atoms with Crippen molar-refractivity contribution in [1.82, 2.24) is 25.5 Å². The number of nitrogens with zero attached hydrogens (tertiary/aromatic N) is 3. The van der Waals surface area contributed by atoms with Crippen molar-refractivity contribution in [3.63, 3.8) is 0 Å². The van der Waals surface area contributed by atoms with Gasteiger partial charge >= 0.3 is 5.97 Å². The molecule has 1 aliphatic heterocycles. The number of hydrogen-bond acceptors (Lipinski definition) is 8. The molecule has 0 radical (unpaired) electrons. The van der Waals surface area contributed by atoms with E-state index < -0.39 is 47.9 Å². The van der Waals surface area contributed by atoms with Gasteiger partial charge in [0.1, 0.15) is 18.1 Å². The fraction of sp³-hybridized carbons (Fsp3) is 0.600. The highest BCUT2D eigenvalue weighted by atomic mass is 32.1. The van der Waals surface area contributed by atoms with Crippen molar-refractivity contribution in [3.05, 3.63) is 18.2 Å². The summed E-state index contributed by atoms with van der Waals surface area (Å²) in [5.41, 5.74) is 17.2. The Balaban J connectivity index is 2.10. The van der Waals surface area contributed by atoms with Crippen LogP contribution in [0.4, 0.5) is 0 Å². The summed E-state index contributed by atoms with van der Waals surface area (Å²) >= 11 is 3.95. The molecule has 15 heteroatoms. The number of likely N-dealkylation sites (tertiary alicyclic amines) is 1. The van der Waals surface area contributed by atoms with E-state index in [1.807, 2.05) is 0 Å². The van der Waals surface area contributed by atoms with Crippen molar-refractivity contribution in [2.45, 2.75) is 56.3 Å². The van der Waals surface area contributed by atoms with Crippen LogP contribution >= 0.6 is 12.6 Å². The Hall–Kier alpha value is -3.33. The van der Waals surface area contributed by atoms with Gasteiger partial charge in [0.05, 0.1) is 12.4 Å². The number of nitrogens with two attached hydrogens (primary N) is 3. The lowest BCUT2D eigenvalue weighted by molar-refractivity contribution is -0.144. The van der Waals surface area contributed by atoms with Gasteiger partial charge in [-0.15, -0.1) is 0 Å². The van der Waals surface area contributed by atoms with E-state index in [1.54, 1.807) is 0 Å². The molecule has 0 aliphatic carbocycles. The molecule has 0 unspecified atom stereocenters. The van der Waals surface area contributed by atoms with Crippen LogP contribution in [-0.4, -0.2) is 92.6 Å². The van der Waals surface area contributed by atoms with Crippen LogP contribution in [0.5, 0.6) is 0 Å². The molecule has 4 atom stereocenters. The number of carboxylic acids is 1. The number of aromatic nitrogens is 2. The van der Waals surface area contributed by atoms with Gasteiger partial charge in [-0.05, 0) is 25.7 Å². The highest BCUT2D eigenvalue weighted by molar-refractivity contribution is 7.80. The van der Waals surface area contributed by atoms with Gasteiger partial charge in [0.15, 0.2) is 5.96 Å². The summed E-state index contributed by atoms with van der Waals surface area (Å²) in [5.74, 6) is -2.96. The quantitative estimate of drug-likeness (QED) is 0.0594. The van der Waals surface area contributed by atoms with Crippen LogP contribution in [0, 0.1) is 0 Å². The number of amides is 3. The lowest BCUT2D eigenvalue weighted by Gasteiger charge is -2.29. The van der Waals surface area contributed by atoms with Crippen molar-refractivity contribution >= 4 is 42.3 Å². The highest BCUT2D eigenvalue weighted by Gasteiger charge is 2.39. The van der Waals surface area contributed by atoms with E-state index in [9.17, 15) is 24.3 Å². The minimum absolute atomic E-state index is 0.0542. The number of nitrogens with one attached hydrogen (secondary N) is 3. The molecule has 1 aromatic heterocycles. The first-order valence-corrected chi connectivity index (χ1v) is 11.8. The van der Waals surface area contributed by atoms with Gasteiger partial charge in [-0.1, -0.05) is 0 Å². The number of rotatable bonds is 13. The largest absolute Gasteiger partial charge is 0.480 e. The summed E-state index contributed by atoms with van der Waals surface area (Å²) in [6.45, 7) is 0.601. The minimum Gasteiger partial charge on any atom is -0.480 e. The van der Waals surface area contributed by atoms with Crippen LogP contribution in [0.3, 0.4) is 0 Å². The molecule has 0 aromatic carbocycles. The average molecular weight is 512 g/mol. The Morgan fingerprint density at radius 1 is 1.29 bits per heavy atom. The molecule has 3 amide bonds. The average Bonchev–Trinajstić information content (AvgIpc) is 3.50. The lowest BCUT2D eigenvalue weighted by atomic mass is 10.1. The Kier molecular flexibility index (Phi) is 10.8. The Bertz CT molecular complexity index is 907. The van der Waals surface area contributed by atoms with Crippen molar-refractivity contribution in [3.8, 4) is 0 Å². The number of carbonyl (C=O) groups is 4. The van der Waals surface area contributed by atoms with Gasteiger partial charge < -0.3 is 42.8 Å². The molecule has 1 aliphatic rings. The van der Waals surface area contributed by atoms with Crippen molar-refractivity contribution in [2.24, 2.45) is 22.2 Å². The zero-order chi connectivity index (χ0) is 26.0. The maximum atomic E-state index is 13.4. The molecular weight excluding hydrogens is 478 g/mol. The summed E-state index contributed by atoms with van der Waals surface area (Å²) in [4.78, 5) is 62.2. The van der Waals surface area contributed by atoms with Gasteiger partial charge in [-0.2, -0.15) is 12.6 Å². The maximum absolute atomic E-state index is 13.4. The van der Waals surface area contributed by atoms with E-state index in [2.05, 4.69) is 38.2 Å². The third-order valence-electron chi connectivity index (χ3n) is 5.53. The molecule has 0 bridgehead atoms. The highest BCUT2D eigenvalue weighted by Crippen LogP contribution is 2.20. The number of imidazole rings is 1. The van der Waals surface area contributed by atoms with Gasteiger partial charge in [-0.3, -0.25) is 19.4 Å². The molecule has 1 aromatic rings. The number of aliphatic carboxylic acids is 1. The summed E-state index contributed by atoms with van der Waals surface area (Å²) in [5, 5.41) is 14.3. The number of hydrogen-bond donors (Lipinski definition) is 8. The molecule has 1 saturated heterocycles. The molecule has 14 nitrogen and oxygen atoms in total. The predicted octanol–water partition coefficient (Wildman–Crippen LogP) is -2.69. The predicted molar refractivity (Wildman–Crippen MR) is 130 cm³/mol. The van der Waals surface area contributed by atoms with Crippen LogP contribution in [0.25, 0.3) is 0 Å². The van der Waals surface area contributed by atoms with E-state index in [-0.39, 0.29) is 24.7 Å². The Morgan fingerprint density at radius 3 is 2.63 bits per heavy atom. The Morgan fingerprint density at radius 2 is 2.03 bits per heavy atom. The standard InChI is InChI=1S/C20H33N9O5S/c21-12(3-1-5-25-20(22)23)16(30)27-13(7-11-8-24-10-26-11)18(32)29-6-2-4-15(29)17(31)28-14(9-35)19(33)34/h8,10,12-15,35H,1-7,9,21H2,(H,24,26)(H,27,30)(H,28,31)(H,33,34)(H4,22,23,25)/t12-,13-,14-,15-/m0/s1. The first-order valence-electron chi connectivity index (χ1n) is 11.2. The SMILES string of the molecule is NC(N)=NCCC[C@H](N)C(=O)N[C@@H](Cc1cnc[nH]1)C(=O)N1CCC[C@H]1C(=O)N[C@@H](CS)C(=O)O.